The number of rotatable bonds is 6. The fourth-order valence-electron chi connectivity index (χ4n) is 2.90. The number of piperidine rings is 1. The summed E-state index contributed by atoms with van der Waals surface area (Å²) in [5.41, 5.74) is 0.646. The molecule has 1 unspecified atom stereocenters. The lowest BCUT2D eigenvalue weighted by Gasteiger charge is -2.33. The molecule has 2 amide bonds. The van der Waals surface area contributed by atoms with Crippen molar-refractivity contribution in [3.63, 3.8) is 0 Å². The second kappa shape index (κ2) is 8.99. The molecule has 144 valence electrons. The van der Waals surface area contributed by atoms with E-state index in [4.69, 9.17) is 0 Å². The molecule has 1 saturated heterocycles. The number of hydrogen-bond acceptors (Lipinski definition) is 4. The van der Waals surface area contributed by atoms with Gasteiger partial charge in [-0.1, -0.05) is 41.9 Å². The highest BCUT2D eigenvalue weighted by Crippen LogP contribution is 2.16. The van der Waals surface area contributed by atoms with Crippen LogP contribution in [0, 0.1) is 5.92 Å². The first-order valence-electron chi connectivity index (χ1n) is 8.69. The highest BCUT2D eigenvalue weighted by Gasteiger charge is 2.28. The van der Waals surface area contributed by atoms with Crippen molar-refractivity contribution in [2.24, 2.45) is 5.92 Å². The first kappa shape index (κ1) is 20.9. The molecule has 6 nitrogen and oxygen atoms in total. The van der Waals surface area contributed by atoms with Gasteiger partial charge in [0.2, 0.25) is 11.8 Å². The van der Waals surface area contributed by atoms with E-state index in [2.05, 4.69) is 21.2 Å². The Morgan fingerprint density at radius 1 is 1.35 bits per heavy atom. The zero-order chi connectivity index (χ0) is 19.3. The van der Waals surface area contributed by atoms with E-state index in [1.54, 1.807) is 23.1 Å². The Bertz CT molecular complexity index is 764. The minimum atomic E-state index is -3.55. The van der Waals surface area contributed by atoms with Crippen molar-refractivity contribution in [3.05, 3.63) is 34.3 Å². The molecule has 0 aliphatic carbocycles. The summed E-state index contributed by atoms with van der Waals surface area (Å²) >= 11 is 3.31. The van der Waals surface area contributed by atoms with Crippen molar-refractivity contribution < 1.29 is 18.0 Å². The molecule has 1 fully saturated rings. The first-order valence-corrected chi connectivity index (χ1v) is 11.3. The van der Waals surface area contributed by atoms with Crippen LogP contribution in [0.5, 0.6) is 0 Å². The number of carbonyl (C=O) groups is 2. The van der Waals surface area contributed by atoms with Crippen molar-refractivity contribution in [2.45, 2.75) is 38.5 Å². The van der Waals surface area contributed by atoms with Gasteiger partial charge in [0.1, 0.15) is 5.75 Å². The van der Waals surface area contributed by atoms with Crippen molar-refractivity contribution >= 4 is 37.6 Å². The van der Waals surface area contributed by atoms with E-state index in [1.165, 1.54) is 0 Å². The number of carbonyl (C=O) groups excluding carboxylic acids is 2. The molecule has 1 aliphatic rings. The summed E-state index contributed by atoms with van der Waals surface area (Å²) in [6.45, 7) is 4.52. The van der Waals surface area contributed by atoms with Gasteiger partial charge in [-0.2, -0.15) is 0 Å². The molecule has 0 bridgehead atoms. The van der Waals surface area contributed by atoms with E-state index < -0.39 is 21.5 Å². The summed E-state index contributed by atoms with van der Waals surface area (Å²) < 4.78 is 25.6. The van der Waals surface area contributed by atoms with Crippen molar-refractivity contribution in [3.8, 4) is 0 Å². The smallest absolute Gasteiger partial charge is 0.237 e. The maximum absolute atomic E-state index is 12.5. The van der Waals surface area contributed by atoms with Crippen LogP contribution in [-0.4, -0.2) is 50.0 Å². The van der Waals surface area contributed by atoms with E-state index >= 15 is 0 Å². The van der Waals surface area contributed by atoms with Gasteiger partial charge in [0.15, 0.2) is 9.84 Å². The summed E-state index contributed by atoms with van der Waals surface area (Å²) in [5.74, 6) is -1.24. The lowest BCUT2D eigenvalue weighted by atomic mass is 10.0. The number of nitrogens with one attached hydrogen (secondary N) is 1. The van der Waals surface area contributed by atoms with Crippen LogP contribution in [-0.2, 0) is 25.2 Å². The van der Waals surface area contributed by atoms with E-state index in [0.717, 1.165) is 17.3 Å². The summed E-state index contributed by atoms with van der Waals surface area (Å²) in [4.78, 5) is 25.8. The molecule has 0 radical (unpaired) electrons. The van der Waals surface area contributed by atoms with Gasteiger partial charge in [-0.05, 0) is 30.5 Å². The number of amides is 2. The summed E-state index contributed by atoms with van der Waals surface area (Å²) in [5, 5.41) is 2.92. The third-order valence-electron chi connectivity index (χ3n) is 4.26. The molecular formula is C18H25BrN2O4S. The minimum Gasteiger partial charge on any atom is -0.351 e. The molecular weight excluding hydrogens is 420 g/mol. The highest BCUT2D eigenvalue weighted by molar-refractivity contribution is 9.10. The molecule has 1 aromatic rings. The second-order valence-corrected chi connectivity index (χ2v) is 9.98. The molecule has 0 saturated carbocycles. The van der Waals surface area contributed by atoms with Gasteiger partial charge < -0.3 is 10.2 Å². The SMILES string of the molecule is CC(C)C(=O)NC1CCCN(C(=O)CS(=O)(=O)Cc2cccc(Br)c2)C1. The largest absolute Gasteiger partial charge is 0.351 e. The number of hydrogen-bond donors (Lipinski definition) is 1. The Hall–Kier alpha value is -1.41. The quantitative estimate of drug-likeness (QED) is 0.727. The molecule has 1 N–H and O–H groups in total. The molecule has 1 aromatic carbocycles. The van der Waals surface area contributed by atoms with Gasteiger partial charge in [0.25, 0.3) is 0 Å². The van der Waals surface area contributed by atoms with E-state index in [-0.39, 0.29) is 23.6 Å². The van der Waals surface area contributed by atoms with Gasteiger partial charge >= 0.3 is 0 Å². The average Bonchev–Trinajstić information content (AvgIpc) is 2.54. The van der Waals surface area contributed by atoms with Gasteiger partial charge in [0, 0.05) is 29.5 Å². The standard InChI is InChI=1S/C18H25BrN2O4S/c1-13(2)18(23)20-16-7-4-8-21(10-16)17(22)12-26(24,25)11-14-5-3-6-15(19)9-14/h3,5-6,9,13,16H,4,7-8,10-12H2,1-2H3,(H,20,23). The van der Waals surface area contributed by atoms with Crippen LogP contribution in [0.15, 0.2) is 28.7 Å². The molecule has 0 spiro atoms. The van der Waals surface area contributed by atoms with Crippen LogP contribution in [0.3, 0.4) is 0 Å². The fraction of sp³-hybridized carbons (Fsp3) is 0.556. The third kappa shape index (κ3) is 6.39. The second-order valence-electron chi connectivity index (χ2n) is 7.00. The number of halogens is 1. The first-order chi connectivity index (χ1) is 12.2. The lowest BCUT2D eigenvalue weighted by molar-refractivity contribution is -0.131. The van der Waals surface area contributed by atoms with E-state index in [1.807, 2.05) is 19.9 Å². The molecule has 1 aliphatic heterocycles. The predicted molar refractivity (Wildman–Crippen MR) is 104 cm³/mol. The van der Waals surface area contributed by atoms with E-state index in [9.17, 15) is 18.0 Å². The molecule has 26 heavy (non-hydrogen) atoms. The normalized spacial score (nSPS) is 18.0. The maximum atomic E-state index is 12.5. The van der Waals surface area contributed by atoms with Gasteiger partial charge in [-0.3, -0.25) is 9.59 Å². The summed E-state index contributed by atoms with van der Waals surface area (Å²) in [6.07, 6.45) is 1.55. The van der Waals surface area contributed by atoms with Crippen LogP contribution in [0.1, 0.15) is 32.3 Å². The number of sulfone groups is 1. The van der Waals surface area contributed by atoms with Crippen molar-refractivity contribution in [2.75, 3.05) is 18.8 Å². The van der Waals surface area contributed by atoms with Crippen LogP contribution in [0.2, 0.25) is 0 Å². The Labute approximate surface area is 163 Å². The van der Waals surface area contributed by atoms with Gasteiger partial charge in [-0.25, -0.2) is 8.42 Å². The van der Waals surface area contributed by atoms with Crippen LogP contribution in [0.4, 0.5) is 0 Å². The Kier molecular flexibility index (Phi) is 7.23. The molecule has 1 heterocycles. The fourth-order valence-corrected chi connectivity index (χ4v) is 4.70. The number of likely N-dealkylation sites (tertiary alicyclic amines) is 1. The minimum absolute atomic E-state index is 0.0495. The number of benzene rings is 1. The summed E-state index contributed by atoms with van der Waals surface area (Å²) in [6, 6.07) is 6.94. The van der Waals surface area contributed by atoms with Crippen molar-refractivity contribution in [1.29, 1.82) is 0 Å². The monoisotopic (exact) mass is 444 g/mol. The van der Waals surface area contributed by atoms with Gasteiger partial charge in [0.05, 0.1) is 5.75 Å². The Morgan fingerprint density at radius 3 is 2.73 bits per heavy atom. The maximum Gasteiger partial charge on any atom is 0.237 e. The number of nitrogens with zero attached hydrogens (tertiary/aromatic N) is 1. The Balaban J connectivity index is 1.94. The topological polar surface area (TPSA) is 83.6 Å². The molecule has 8 heteroatoms. The summed E-state index contributed by atoms with van der Waals surface area (Å²) in [7, 11) is -3.55. The lowest BCUT2D eigenvalue weighted by Crippen LogP contribution is -2.51. The Morgan fingerprint density at radius 2 is 2.08 bits per heavy atom. The van der Waals surface area contributed by atoms with Crippen LogP contribution in [0.25, 0.3) is 0 Å². The third-order valence-corrected chi connectivity index (χ3v) is 6.22. The average molecular weight is 445 g/mol. The van der Waals surface area contributed by atoms with E-state index in [0.29, 0.717) is 18.7 Å². The van der Waals surface area contributed by atoms with Gasteiger partial charge in [-0.15, -0.1) is 0 Å². The zero-order valence-electron chi connectivity index (χ0n) is 15.1. The molecule has 0 aromatic heterocycles. The van der Waals surface area contributed by atoms with Crippen LogP contribution >= 0.6 is 15.9 Å². The van der Waals surface area contributed by atoms with Crippen LogP contribution < -0.4 is 5.32 Å². The zero-order valence-corrected chi connectivity index (χ0v) is 17.5. The highest BCUT2D eigenvalue weighted by atomic mass is 79.9. The molecule has 2 rings (SSSR count). The molecule has 1 atom stereocenters. The van der Waals surface area contributed by atoms with Crippen molar-refractivity contribution in [1.82, 2.24) is 10.2 Å². The predicted octanol–water partition coefficient (Wildman–Crippen LogP) is 2.13.